The molecule has 0 aliphatic carbocycles. The standard InChI is InChI=1S/C18H18N6OS/c1-12-6-5-9-23-10-13(20-16(12)23)11-26-18-22-21-17(24(18)19)14-7-3-4-8-15(14)25-2/h3-10H,11,19H2,1-2H3. The van der Waals surface area contributed by atoms with Crippen LogP contribution >= 0.6 is 11.8 Å². The summed E-state index contributed by atoms with van der Waals surface area (Å²) >= 11 is 1.50. The van der Waals surface area contributed by atoms with Crippen molar-refractivity contribution in [2.75, 3.05) is 13.0 Å². The molecule has 0 atom stereocenters. The third kappa shape index (κ3) is 2.88. The zero-order valence-electron chi connectivity index (χ0n) is 14.5. The number of thioether (sulfide) groups is 1. The first-order valence-corrected chi connectivity index (χ1v) is 9.06. The van der Waals surface area contributed by atoms with Gasteiger partial charge < -0.3 is 15.0 Å². The summed E-state index contributed by atoms with van der Waals surface area (Å²) in [4.78, 5) is 4.67. The van der Waals surface area contributed by atoms with E-state index in [-0.39, 0.29) is 0 Å². The number of methoxy groups -OCH3 is 1. The van der Waals surface area contributed by atoms with E-state index in [4.69, 9.17) is 10.6 Å². The fourth-order valence-electron chi connectivity index (χ4n) is 2.80. The largest absolute Gasteiger partial charge is 0.496 e. The summed E-state index contributed by atoms with van der Waals surface area (Å²) in [6, 6.07) is 11.7. The van der Waals surface area contributed by atoms with E-state index in [1.807, 2.05) is 47.1 Å². The molecule has 1 aromatic carbocycles. The Morgan fingerprint density at radius 1 is 1.15 bits per heavy atom. The predicted octanol–water partition coefficient (Wildman–Crippen LogP) is 2.92. The van der Waals surface area contributed by atoms with Crippen LogP contribution in [0.2, 0.25) is 0 Å². The van der Waals surface area contributed by atoms with Crippen molar-refractivity contribution in [3.8, 4) is 17.1 Å². The van der Waals surface area contributed by atoms with Crippen molar-refractivity contribution in [2.45, 2.75) is 17.8 Å². The number of nitrogen functional groups attached to an aromatic ring is 1. The van der Waals surface area contributed by atoms with Gasteiger partial charge >= 0.3 is 0 Å². The van der Waals surface area contributed by atoms with Crippen molar-refractivity contribution in [1.29, 1.82) is 0 Å². The van der Waals surface area contributed by atoms with Crippen LogP contribution in [0.25, 0.3) is 17.0 Å². The van der Waals surface area contributed by atoms with Gasteiger partial charge in [0.1, 0.15) is 11.4 Å². The summed E-state index contributed by atoms with van der Waals surface area (Å²) in [5, 5.41) is 9.06. The summed E-state index contributed by atoms with van der Waals surface area (Å²) < 4.78 is 8.90. The minimum atomic E-state index is 0.566. The quantitative estimate of drug-likeness (QED) is 0.432. The molecule has 2 N–H and O–H groups in total. The molecule has 8 heteroatoms. The zero-order chi connectivity index (χ0) is 18.1. The lowest BCUT2D eigenvalue weighted by Gasteiger charge is -2.07. The lowest BCUT2D eigenvalue weighted by Crippen LogP contribution is -2.12. The molecule has 0 spiro atoms. The summed E-state index contributed by atoms with van der Waals surface area (Å²) in [7, 11) is 1.62. The number of aryl methyl sites for hydroxylation is 1. The number of aromatic nitrogens is 5. The van der Waals surface area contributed by atoms with E-state index < -0.39 is 0 Å². The molecule has 0 bridgehead atoms. The number of para-hydroxylation sites is 1. The van der Waals surface area contributed by atoms with Crippen LogP contribution in [0.5, 0.6) is 5.75 Å². The van der Waals surface area contributed by atoms with E-state index in [9.17, 15) is 0 Å². The molecule has 0 radical (unpaired) electrons. The third-order valence-electron chi connectivity index (χ3n) is 4.09. The first-order valence-electron chi connectivity index (χ1n) is 8.07. The lowest BCUT2D eigenvalue weighted by molar-refractivity contribution is 0.416. The molecule has 0 fully saturated rings. The van der Waals surface area contributed by atoms with Gasteiger partial charge in [0.15, 0.2) is 5.82 Å². The van der Waals surface area contributed by atoms with Crippen LogP contribution in [0.15, 0.2) is 53.9 Å². The second-order valence-electron chi connectivity index (χ2n) is 5.82. The molecule has 3 aromatic heterocycles. The Hall–Kier alpha value is -3.00. The van der Waals surface area contributed by atoms with Gasteiger partial charge in [-0.1, -0.05) is 30.0 Å². The fourth-order valence-corrected chi connectivity index (χ4v) is 3.54. The van der Waals surface area contributed by atoms with Crippen LogP contribution in [0, 0.1) is 6.92 Å². The summed E-state index contributed by atoms with van der Waals surface area (Å²) in [5.74, 6) is 8.14. The first kappa shape index (κ1) is 16.5. The SMILES string of the molecule is COc1ccccc1-c1nnc(SCc2cn3cccc(C)c3n2)n1N. The average Bonchev–Trinajstić information content (AvgIpc) is 3.24. The Kier molecular flexibility index (Phi) is 4.26. The Morgan fingerprint density at radius 2 is 2.00 bits per heavy atom. The van der Waals surface area contributed by atoms with Gasteiger partial charge in [0.2, 0.25) is 5.16 Å². The predicted molar refractivity (Wildman–Crippen MR) is 102 cm³/mol. The van der Waals surface area contributed by atoms with Gasteiger partial charge in [-0.3, -0.25) is 0 Å². The highest BCUT2D eigenvalue weighted by Crippen LogP contribution is 2.30. The van der Waals surface area contributed by atoms with E-state index in [0.29, 0.717) is 22.5 Å². The number of rotatable bonds is 5. The maximum absolute atomic E-state index is 6.21. The number of hydrogen-bond donors (Lipinski definition) is 1. The molecule has 3 heterocycles. The van der Waals surface area contributed by atoms with Gasteiger partial charge in [-0.25, -0.2) is 9.66 Å². The molecule has 0 unspecified atom stereocenters. The van der Waals surface area contributed by atoms with E-state index in [0.717, 1.165) is 22.5 Å². The summed E-state index contributed by atoms with van der Waals surface area (Å²) in [6.45, 7) is 2.05. The van der Waals surface area contributed by atoms with Gasteiger partial charge in [0.25, 0.3) is 0 Å². The normalized spacial score (nSPS) is 11.2. The van der Waals surface area contributed by atoms with E-state index in [1.165, 1.54) is 16.4 Å². The summed E-state index contributed by atoms with van der Waals surface area (Å²) in [6.07, 6.45) is 4.02. The van der Waals surface area contributed by atoms with E-state index in [1.54, 1.807) is 7.11 Å². The number of fused-ring (bicyclic) bond motifs is 1. The van der Waals surface area contributed by atoms with Crippen LogP contribution < -0.4 is 10.6 Å². The van der Waals surface area contributed by atoms with Gasteiger partial charge in [-0.2, -0.15) is 0 Å². The number of imidazole rings is 1. The molecular weight excluding hydrogens is 348 g/mol. The van der Waals surface area contributed by atoms with Crippen molar-refractivity contribution in [2.24, 2.45) is 0 Å². The number of nitrogens with two attached hydrogens (primary N) is 1. The number of hydrogen-bond acceptors (Lipinski definition) is 6. The van der Waals surface area contributed by atoms with Gasteiger partial charge in [-0.05, 0) is 30.7 Å². The fraction of sp³-hybridized carbons (Fsp3) is 0.167. The highest BCUT2D eigenvalue weighted by atomic mass is 32.2. The molecular formula is C18H18N6OS. The second-order valence-corrected chi connectivity index (χ2v) is 6.76. The van der Waals surface area contributed by atoms with Crippen LogP contribution in [0.1, 0.15) is 11.3 Å². The van der Waals surface area contributed by atoms with Crippen molar-refractivity contribution in [3.05, 3.63) is 60.0 Å². The summed E-state index contributed by atoms with van der Waals surface area (Å²) in [5.41, 5.74) is 3.88. The molecule has 0 aliphatic rings. The molecule has 132 valence electrons. The maximum Gasteiger partial charge on any atom is 0.210 e. The van der Waals surface area contributed by atoms with Crippen LogP contribution in [-0.4, -0.2) is 31.4 Å². The molecule has 4 aromatic rings. The maximum atomic E-state index is 6.21. The van der Waals surface area contributed by atoms with Crippen molar-refractivity contribution < 1.29 is 4.74 Å². The Bertz CT molecular complexity index is 1070. The van der Waals surface area contributed by atoms with Gasteiger partial charge in [0.05, 0.1) is 18.4 Å². The number of nitrogens with zero attached hydrogens (tertiary/aromatic N) is 5. The number of pyridine rings is 1. The molecule has 4 rings (SSSR count). The Morgan fingerprint density at radius 3 is 2.81 bits per heavy atom. The Balaban J connectivity index is 1.57. The molecule has 7 nitrogen and oxygen atoms in total. The van der Waals surface area contributed by atoms with E-state index in [2.05, 4.69) is 28.2 Å². The molecule has 26 heavy (non-hydrogen) atoms. The van der Waals surface area contributed by atoms with Gasteiger partial charge in [-0.15, -0.1) is 10.2 Å². The zero-order valence-corrected chi connectivity index (χ0v) is 15.3. The molecule has 0 amide bonds. The monoisotopic (exact) mass is 366 g/mol. The second kappa shape index (κ2) is 6.72. The highest BCUT2D eigenvalue weighted by molar-refractivity contribution is 7.98. The topological polar surface area (TPSA) is 83.3 Å². The molecule has 0 saturated carbocycles. The first-order chi connectivity index (χ1) is 12.7. The smallest absolute Gasteiger partial charge is 0.210 e. The lowest BCUT2D eigenvalue weighted by atomic mass is 10.2. The third-order valence-corrected chi connectivity index (χ3v) is 5.07. The van der Waals surface area contributed by atoms with Crippen molar-refractivity contribution >= 4 is 17.4 Å². The number of benzene rings is 1. The number of ether oxygens (including phenoxy) is 1. The van der Waals surface area contributed by atoms with Crippen molar-refractivity contribution in [1.82, 2.24) is 24.3 Å². The average molecular weight is 366 g/mol. The van der Waals surface area contributed by atoms with Crippen LogP contribution in [-0.2, 0) is 5.75 Å². The minimum absolute atomic E-state index is 0.566. The van der Waals surface area contributed by atoms with E-state index >= 15 is 0 Å². The van der Waals surface area contributed by atoms with Gasteiger partial charge in [0, 0.05) is 18.1 Å². The van der Waals surface area contributed by atoms with Crippen molar-refractivity contribution in [3.63, 3.8) is 0 Å². The highest BCUT2D eigenvalue weighted by Gasteiger charge is 2.16. The minimum Gasteiger partial charge on any atom is -0.496 e. The molecule has 0 saturated heterocycles. The van der Waals surface area contributed by atoms with Crippen LogP contribution in [0.4, 0.5) is 0 Å². The molecule has 0 aliphatic heterocycles. The Labute approximate surface area is 154 Å². The van der Waals surface area contributed by atoms with Crippen LogP contribution in [0.3, 0.4) is 0 Å².